The van der Waals surface area contributed by atoms with Gasteiger partial charge in [-0.15, -0.1) is 0 Å². The molecular formula is C29H35FO6. The average molecular weight is 499 g/mol. The standard InChI is InChI=1S/C29H35FO6/c1-18-4-12-24-28(2,15-14-25(32)29(24,3)17-31)22(18)11-10-21-23(16-35-27(21)34)36-26(33)13-7-19-5-8-20(30)9-6-19/h5-10,13,22-25,31-32H,1,4,11-12,14-17H2,2-3H3/b13-7+,21-10+/t22?,23?,24?,25?,28?,29-/m0/s1. The summed E-state index contributed by atoms with van der Waals surface area (Å²) in [6.07, 6.45) is 6.81. The third-order valence-corrected chi connectivity index (χ3v) is 8.76. The van der Waals surface area contributed by atoms with Crippen LogP contribution in [0.25, 0.3) is 6.08 Å². The van der Waals surface area contributed by atoms with Crippen molar-refractivity contribution in [1.29, 1.82) is 0 Å². The van der Waals surface area contributed by atoms with E-state index in [2.05, 4.69) is 13.5 Å². The predicted octanol–water partition coefficient (Wildman–Crippen LogP) is 4.37. The van der Waals surface area contributed by atoms with Crippen LogP contribution in [0, 0.1) is 28.5 Å². The smallest absolute Gasteiger partial charge is 0.337 e. The summed E-state index contributed by atoms with van der Waals surface area (Å²) in [7, 11) is 0. The van der Waals surface area contributed by atoms with E-state index in [0.717, 1.165) is 24.8 Å². The van der Waals surface area contributed by atoms with Gasteiger partial charge >= 0.3 is 11.9 Å². The van der Waals surface area contributed by atoms with Gasteiger partial charge in [0.1, 0.15) is 12.4 Å². The molecule has 1 aromatic rings. The quantitative estimate of drug-likeness (QED) is 0.344. The molecule has 7 heteroatoms. The third-order valence-electron chi connectivity index (χ3n) is 8.76. The van der Waals surface area contributed by atoms with Crippen molar-refractivity contribution >= 4 is 18.0 Å². The molecule has 2 aliphatic carbocycles. The van der Waals surface area contributed by atoms with Crippen LogP contribution in [0.5, 0.6) is 0 Å². The first-order chi connectivity index (χ1) is 17.1. The van der Waals surface area contributed by atoms with Crippen LogP contribution in [0.1, 0.15) is 51.5 Å². The number of rotatable bonds is 6. The molecule has 2 saturated carbocycles. The number of allylic oxidation sites excluding steroid dienone is 2. The number of carbonyl (C=O) groups excluding carboxylic acids is 2. The number of cyclic esters (lactones) is 1. The van der Waals surface area contributed by atoms with Gasteiger partial charge in [0.05, 0.1) is 18.3 Å². The van der Waals surface area contributed by atoms with E-state index in [0.29, 0.717) is 24.0 Å². The van der Waals surface area contributed by atoms with Crippen LogP contribution >= 0.6 is 0 Å². The van der Waals surface area contributed by atoms with Crippen LogP contribution in [-0.2, 0) is 19.1 Å². The largest absolute Gasteiger partial charge is 0.458 e. The highest BCUT2D eigenvalue weighted by Gasteiger charge is 2.57. The second-order valence-electron chi connectivity index (χ2n) is 10.8. The Labute approximate surface area is 211 Å². The lowest BCUT2D eigenvalue weighted by atomic mass is 9.46. The highest BCUT2D eigenvalue weighted by Crippen LogP contribution is 2.61. The third kappa shape index (κ3) is 4.91. The van der Waals surface area contributed by atoms with Gasteiger partial charge in [-0.05, 0) is 73.1 Å². The SMILES string of the molecule is C=C1CCC2C(C)(CCC(O)[C@@]2(C)CO)C1C/C=C1/C(=O)OCC1OC(=O)/C=C/c1ccc(F)cc1. The topological polar surface area (TPSA) is 93.1 Å². The van der Waals surface area contributed by atoms with Crippen LogP contribution in [0.4, 0.5) is 4.39 Å². The Morgan fingerprint density at radius 3 is 2.69 bits per heavy atom. The van der Waals surface area contributed by atoms with Gasteiger partial charge in [0.25, 0.3) is 0 Å². The first-order valence-electron chi connectivity index (χ1n) is 12.6. The molecule has 6 nitrogen and oxygen atoms in total. The van der Waals surface area contributed by atoms with E-state index in [1.54, 1.807) is 12.1 Å². The number of aliphatic hydroxyl groups is 2. The maximum absolute atomic E-state index is 13.1. The molecule has 1 aliphatic heterocycles. The summed E-state index contributed by atoms with van der Waals surface area (Å²) < 4.78 is 23.7. The highest BCUT2D eigenvalue weighted by molar-refractivity contribution is 5.93. The Morgan fingerprint density at radius 1 is 1.28 bits per heavy atom. The number of benzene rings is 1. The molecule has 0 bridgehead atoms. The molecule has 6 atom stereocenters. The van der Waals surface area contributed by atoms with Crippen molar-refractivity contribution < 1.29 is 33.7 Å². The van der Waals surface area contributed by atoms with Gasteiger partial charge in [0.2, 0.25) is 0 Å². The predicted molar refractivity (Wildman–Crippen MR) is 133 cm³/mol. The Balaban J connectivity index is 1.48. The number of hydrogen-bond donors (Lipinski definition) is 2. The normalized spacial score (nSPS) is 35.6. The number of fused-ring (bicyclic) bond motifs is 1. The summed E-state index contributed by atoms with van der Waals surface area (Å²) in [4.78, 5) is 24.8. The zero-order valence-electron chi connectivity index (χ0n) is 20.9. The minimum atomic E-state index is -0.806. The second kappa shape index (κ2) is 10.3. The molecule has 2 N–H and O–H groups in total. The molecule has 194 valence electrons. The Hall–Kier alpha value is -2.77. The number of ether oxygens (including phenoxy) is 2. The summed E-state index contributed by atoms with van der Waals surface area (Å²) >= 11 is 0. The molecule has 36 heavy (non-hydrogen) atoms. The molecule has 0 aromatic heterocycles. The molecule has 1 aromatic carbocycles. The molecule has 5 unspecified atom stereocenters. The Kier molecular flexibility index (Phi) is 7.53. The van der Waals surface area contributed by atoms with Crippen LogP contribution in [0.2, 0.25) is 0 Å². The molecule has 0 radical (unpaired) electrons. The first kappa shape index (κ1) is 26.3. The maximum Gasteiger partial charge on any atom is 0.337 e. The van der Waals surface area contributed by atoms with E-state index in [-0.39, 0.29) is 36.3 Å². The van der Waals surface area contributed by atoms with Crippen LogP contribution in [0.15, 0.2) is 54.1 Å². The molecule has 0 amide bonds. The van der Waals surface area contributed by atoms with Gasteiger partial charge < -0.3 is 19.7 Å². The molecule has 1 heterocycles. The molecular weight excluding hydrogens is 463 g/mol. The summed E-state index contributed by atoms with van der Waals surface area (Å²) in [6.45, 7) is 8.38. The van der Waals surface area contributed by atoms with Crippen molar-refractivity contribution in [2.75, 3.05) is 13.2 Å². The van der Waals surface area contributed by atoms with E-state index in [1.807, 2.05) is 13.0 Å². The minimum Gasteiger partial charge on any atom is -0.458 e. The lowest BCUT2D eigenvalue weighted by molar-refractivity contribution is -0.151. The lowest BCUT2D eigenvalue weighted by Gasteiger charge is -2.59. The van der Waals surface area contributed by atoms with Crippen molar-refractivity contribution in [2.24, 2.45) is 22.7 Å². The minimum absolute atomic E-state index is 0.0406. The van der Waals surface area contributed by atoms with E-state index in [4.69, 9.17) is 9.47 Å². The van der Waals surface area contributed by atoms with Gasteiger partial charge in [-0.1, -0.05) is 44.2 Å². The zero-order valence-corrected chi connectivity index (χ0v) is 20.9. The van der Waals surface area contributed by atoms with E-state index >= 15 is 0 Å². The average Bonchev–Trinajstić information content (AvgIpc) is 3.19. The fourth-order valence-corrected chi connectivity index (χ4v) is 6.57. The maximum atomic E-state index is 13.1. The Bertz CT molecular complexity index is 1080. The van der Waals surface area contributed by atoms with Gasteiger partial charge in [-0.3, -0.25) is 0 Å². The van der Waals surface area contributed by atoms with Gasteiger partial charge in [-0.25, -0.2) is 14.0 Å². The van der Waals surface area contributed by atoms with Crippen molar-refractivity contribution in [3.05, 3.63) is 65.5 Å². The monoisotopic (exact) mass is 498 g/mol. The van der Waals surface area contributed by atoms with Crippen molar-refractivity contribution in [1.82, 2.24) is 0 Å². The van der Waals surface area contributed by atoms with E-state index in [9.17, 15) is 24.2 Å². The van der Waals surface area contributed by atoms with Crippen molar-refractivity contribution in [2.45, 2.75) is 58.2 Å². The van der Waals surface area contributed by atoms with Gasteiger partial charge in [0.15, 0.2) is 6.10 Å². The summed E-state index contributed by atoms with van der Waals surface area (Å²) in [5, 5.41) is 20.9. The van der Waals surface area contributed by atoms with Crippen molar-refractivity contribution in [3.8, 4) is 0 Å². The summed E-state index contributed by atoms with van der Waals surface area (Å²) in [5.41, 5.74) is 1.30. The zero-order chi connectivity index (χ0) is 26.1. The fourth-order valence-electron chi connectivity index (χ4n) is 6.57. The molecule has 1 saturated heterocycles. The molecule has 4 rings (SSSR count). The number of carbonyl (C=O) groups is 2. The number of esters is 2. The van der Waals surface area contributed by atoms with Gasteiger partial charge in [-0.2, -0.15) is 0 Å². The molecule has 3 fully saturated rings. The lowest BCUT2D eigenvalue weighted by Crippen LogP contribution is -2.57. The summed E-state index contributed by atoms with van der Waals surface area (Å²) in [5.74, 6) is -1.31. The fraction of sp³-hybridized carbons (Fsp3) is 0.517. The van der Waals surface area contributed by atoms with E-state index < -0.39 is 29.6 Å². The van der Waals surface area contributed by atoms with Crippen LogP contribution < -0.4 is 0 Å². The Morgan fingerprint density at radius 2 is 2.00 bits per heavy atom. The van der Waals surface area contributed by atoms with Crippen molar-refractivity contribution in [3.63, 3.8) is 0 Å². The second-order valence-corrected chi connectivity index (χ2v) is 10.8. The highest BCUT2D eigenvalue weighted by atomic mass is 19.1. The van der Waals surface area contributed by atoms with Crippen LogP contribution in [-0.4, -0.2) is 47.6 Å². The van der Waals surface area contributed by atoms with Crippen LogP contribution in [0.3, 0.4) is 0 Å². The van der Waals surface area contributed by atoms with Gasteiger partial charge in [0, 0.05) is 11.5 Å². The first-order valence-corrected chi connectivity index (χ1v) is 12.6. The number of halogens is 1. The van der Waals surface area contributed by atoms with E-state index in [1.165, 1.54) is 24.3 Å². The molecule has 3 aliphatic rings. The summed E-state index contributed by atoms with van der Waals surface area (Å²) in [6, 6.07) is 5.69. The number of aliphatic hydroxyl groups excluding tert-OH is 2. The number of hydrogen-bond acceptors (Lipinski definition) is 6. The molecule has 0 spiro atoms.